The third kappa shape index (κ3) is 3.57. The van der Waals surface area contributed by atoms with Crippen molar-refractivity contribution in [2.24, 2.45) is 0 Å². The average Bonchev–Trinajstić information content (AvgIpc) is 2.46. The summed E-state index contributed by atoms with van der Waals surface area (Å²) < 4.78 is 5.36. The van der Waals surface area contributed by atoms with Crippen molar-refractivity contribution in [2.45, 2.75) is 0 Å². The smallest absolute Gasteiger partial charge is 0.200 e. The lowest BCUT2D eigenvalue weighted by Crippen LogP contribution is -2.11. The predicted octanol–water partition coefficient (Wildman–Crippen LogP) is 3.47. The molecule has 0 saturated carbocycles. The number of nitrogens with zero attached hydrogens (tertiary/aromatic N) is 1. The lowest BCUT2D eigenvalue weighted by molar-refractivity contribution is 0.0921. The zero-order valence-electron chi connectivity index (χ0n) is 9.97. The summed E-state index contributed by atoms with van der Waals surface area (Å²) in [6.45, 7) is -0.0481. The highest BCUT2D eigenvalue weighted by molar-refractivity contribution is 6.30. The molecule has 2 aromatic rings. The summed E-state index contributed by atoms with van der Waals surface area (Å²) in [7, 11) is 0. The number of hydrogen-bond donors (Lipinski definition) is 0. The van der Waals surface area contributed by atoms with Gasteiger partial charge in [-0.15, -0.1) is 0 Å². The second-order valence-corrected chi connectivity index (χ2v) is 4.29. The highest BCUT2D eigenvalue weighted by atomic mass is 35.5. The first-order chi connectivity index (χ1) is 9.19. The van der Waals surface area contributed by atoms with Crippen molar-refractivity contribution in [3.63, 3.8) is 0 Å². The third-order valence-corrected chi connectivity index (χ3v) is 2.77. The Labute approximate surface area is 116 Å². The van der Waals surface area contributed by atoms with Gasteiger partial charge in [0, 0.05) is 10.6 Å². The van der Waals surface area contributed by atoms with Gasteiger partial charge in [0.25, 0.3) is 0 Å². The molecule has 4 heteroatoms. The summed E-state index contributed by atoms with van der Waals surface area (Å²) in [5, 5.41) is 9.25. The lowest BCUT2D eigenvalue weighted by atomic mass is 10.1. The number of halogens is 1. The van der Waals surface area contributed by atoms with E-state index in [0.717, 1.165) is 0 Å². The van der Waals surface area contributed by atoms with E-state index in [1.54, 1.807) is 48.5 Å². The summed E-state index contributed by atoms with van der Waals surface area (Å²) in [5.74, 6) is 0.433. The van der Waals surface area contributed by atoms with Gasteiger partial charge in [-0.2, -0.15) is 5.26 Å². The molecule has 0 N–H and O–H groups in total. The van der Waals surface area contributed by atoms with Crippen LogP contribution in [-0.4, -0.2) is 12.4 Å². The largest absolute Gasteiger partial charge is 0.485 e. The second-order valence-electron chi connectivity index (χ2n) is 3.85. The van der Waals surface area contributed by atoms with Crippen LogP contribution in [0.4, 0.5) is 0 Å². The van der Waals surface area contributed by atoms with Gasteiger partial charge in [0.15, 0.2) is 12.4 Å². The normalized spacial score (nSPS) is 9.68. The Morgan fingerprint density at radius 3 is 2.32 bits per heavy atom. The van der Waals surface area contributed by atoms with Crippen LogP contribution < -0.4 is 4.74 Å². The van der Waals surface area contributed by atoms with Crippen molar-refractivity contribution < 1.29 is 9.53 Å². The number of benzene rings is 2. The number of ether oxygens (including phenoxy) is 1. The second kappa shape index (κ2) is 6.03. The predicted molar refractivity (Wildman–Crippen MR) is 72.4 cm³/mol. The molecule has 0 fully saturated rings. The summed E-state index contributed by atoms with van der Waals surface area (Å²) >= 11 is 5.75. The maximum absolute atomic E-state index is 11.8. The van der Waals surface area contributed by atoms with E-state index in [9.17, 15) is 4.79 Å². The topological polar surface area (TPSA) is 50.1 Å². The summed E-state index contributed by atoms with van der Waals surface area (Å²) in [6, 6.07) is 15.3. The molecule has 3 nitrogen and oxygen atoms in total. The van der Waals surface area contributed by atoms with Gasteiger partial charge in [0.05, 0.1) is 11.6 Å². The van der Waals surface area contributed by atoms with Crippen LogP contribution in [0.15, 0.2) is 48.5 Å². The average molecular weight is 272 g/mol. The van der Waals surface area contributed by atoms with Gasteiger partial charge in [-0.05, 0) is 48.5 Å². The van der Waals surface area contributed by atoms with Crippen LogP contribution in [-0.2, 0) is 0 Å². The monoisotopic (exact) mass is 271 g/mol. The summed E-state index contributed by atoms with van der Waals surface area (Å²) in [5.41, 5.74) is 1.11. The van der Waals surface area contributed by atoms with Crippen LogP contribution in [0.1, 0.15) is 15.9 Å². The van der Waals surface area contributed by atoms with Gasteiger partial charge >= 0.3 is 0 Å². The fourth-order valence-electron chi connectivity index (χ4n) is 1.49. The fourth-order valence-corrected chi connectivity index (χ4v) is 1.62. The Morgan fingerprint density at radius 2 is 1.74 bits per heavy atom. The number of nitriles is 1. The van der Waals surface area contributed by atoms with Crippen molar-refractivity contribution >= 4 is 17.4 Å². The minimum Gasteiger partial charge on any atom is -0.485 e. The molecule has 0 unspecified atom stereocenters. The molecule has 0 aromatic heterocycles. The van der Waals surface area contributed by atoms with Crippen molar-refractivity contribution in [3.05, 3.63) is 64.7 Å². The highest BCUT2D eigenvalue weighted by Crippen LogP contribution is 2.13. The lowest BCUT2D eigenvalue weighted by Gasteiger charge is -2.05. The van der Waals surface area contributed by atoms with Crippen molar-refractivity contribution in [1.29, 1.82) is 5.26 Å². The Bertz CT molecular complexity index is 612. The minimum atomic E-state index is -0.124. The van der Waals surface area contributed by atoms with Crippen molar-refractivity contribution in [1.82, 2.24) is 0 Å². The van der Waals surface area contributed by atoms with Crippen LogP contribution >= 0.6 is 11.6 Å². The first-order valence-corrected chi connectivity index (χ1v) is 5.98. The Hall–Kier alpha value is -2.31. The van der Waals surface area contributed by atoms with E-state index in [4.69, 9.17) is 21.6 Å². The molecule has 0 spiro atoms. The molecule has 0 bridgehead atoms. The van der Waals surface area contributed by atoms with Crippen molar-refractivity contribution in [3.8, 4) is 11.8 Å². The summed E-state index contributed by atoms with van der Waals surface area (Å²) in [4.78, 5) is 11.8. The number of carbonyl (C=O) groups is 1. The molecule has 2 aromatic carbocycles. The Balaban J connectivity index is 1.96. The third-order valence-electron chi connectivity index (χ3n) is 2.52. The van der Waals surface area contributed by atoms with E-state index >= 15 is 0 Å². The Kier molecular flexibility index (Phi) is 4.17. The van der Waals surface area contributed by atoms with E-state index in [1.807, 2.05) is 6.07 Å². The zero-order valence-corrected chi connectivity index (χ0v) is 10.7. The molecule has 0 saturated heterocycles. The summed E-state index contributed by atoms with van der Waals surface area (Å²) in [6.07, 6.45) is 0. The van der Waals surface area contributed by atoms with Crippen LogP contribution in [0, 0.1) is 11.3 Å². The molecule has 0 aliphatic carbocycles. The van der Waals surface area contributed by atoms with Crippen LogP contribution in [0.2, 0.25) is 5.02 Å². The maximum Gasteiger partial charge on any atom is 0.200 e. The van der Waals surface area contributed by atoms with Crippen molar-refractivity contribution in [2.75, 3.05) is 6.61 Å². The molecule has 94 valence electrons. The zero-order chi connectivity index (χ0) is 13.7. The van der Waals surface area contributed by atoms with Crippen LogP contribution in [0.3, 0.4) is 0 Å². The molecule has 0 aliphatic rings. The van der Waals surface area contributed by atoms with E-state index in [2.05, 4.69) is 0 Å². The van der Waals surface area contributed by atoms with Crippen LogP contribution in [0.5, 0.6) is 5.75 Å². The molecular weight excluding hydrogens is 262 g/mol. The van der Waals surface area contributed by atoms with E-state index in [-0.39, 0.29) is 12.4 Å². The number of hydrogen-bond acceptors (Lipinski definition) is 3. The van der Waals surface area contributed by atoms with E-state index < -0.39 is 0 Å². The molecule has 2 rings (SSSR count). The minimum absolute atomic E-state index is 0.0481. The molecule has 0 aliphatic heterocycles. The molecule has 0 atom stereocenters. The molecular formula is C15H10ClNO2. The van der Waals surface area contributed by atoms with Gasteiger partial charge in [0.2, 0.25) is 0 Å². The Morgan fingerprint density at radius 1 is 1.11 bits per heavy atom. The van der Waals surface area contributed by atoms with Gasteiger partial charge in [-0.25, -0.2) is 0 Å². The van der Waals surface area contributed by atoms with Gasteiger partial charge in [-0.1, -0.05) is 11.6 Å². The van der Waals surface area contributed by atoms with E-state index in [0.29, 0.717) is 21.9 Å². The fraction of sp³-hybridized carbons (Fsp3) is 0.0667. The maximum atomic E-state index is 11.8. The van der Waals surface area contributed by atoms with Gasteiger partial charge < -0.3 is 4.74 Å². The number of Topliss-reactive ketones (excluding diaryl/α,β-unsaturated/α-hetero) is 1. The first-order valence-electron chi connectivity index (χ1n) is 5.61. The van der Waals surface area contributed by atoms with Crippen LogP contribution in [0.25, 0.3) is 0 Å². The molecule has 0 amide bonds. The molecule has 0 radical (unpaired) electrons. The highest BCUT2D eigenvalue weighted by Gasteiger charge is 2.06. The van der Waals surface area contributed by atoms with Gasteiger partial charge in [0.1, 0.15) is 5.75 Å². The van der Waals surface area contributed by atoms with E-state index in [1.165, 1.54) is 0 Å². The molecule has 19 heavy (non-hydrogen) atoms. The quantitative estimate of drug-likeness (QED) is 0.800. The molecule has 0 heterocycles. The number of rotatable bonds is 4. The number of ketones is 1. The first kappa shape index (κ1) is 13.1. The SMILES string of the molecule is N#Cc1ccc(OCC(=O)c2ccc(Cl)cc2)cc1. The number of carbonyl (C=O) groups excluding carboxylic acids is 1. The standard InChI is InChI=1S/C15H10ClNO2/c16-13-5-3-12(4-6-13)15(18)10-19-14-7-1-11(9-17)2-8-14/h1-8H,10H2. The van der Waals surface area contributed by atoms with Gasteiger partial charge in [-0.3, -0.25) is 4.79 Å².